The lowest BCUT2D eigenvalue weighted by Gasteiger charge is -2.07. The van der Waals surface area contributed by atoms with E-state index in [1.165, 1.54) is 11.9 Å². The Bertz CT molecular complexity index is 543. The van der Waals surface area contributed by atoms with E-state index in [1.54, 1.807) is 10.8 Å². The van der Waals surface area contributed by atoms with Gasteiger partial charge in [0.1, 0.15) is 6.33 Å². The van der Waals surface area contributed by atoms with Gasteiger partial charge in [-0.25, -0.2) is 0 Å². The van der Waals surface area contributed by atoms with Crippen molar-refractivity contribution in [3.63, 3.8) is 0 Å². The van der Waals surface area contributed by atoms with Gasteiger partial charge in [-0.15, -0.1) is 0 Å². The molecule has 0 aliphatic carbocycles. The predicted molar refractivity (Wildman–Crippen MR) is 62.5 cm³/mol. The Morgan fingerprint density at radius 3 is 2.62 bits per heavy atom. The number of nitrogens with zero attached hydrogens (tertiary/aromatic N) is 2. The van der Waals surface area contributed by atoms with Crippen LogP contribution < -0.4 is 11.3 Å². The molecule has 0 bridgehead atoms. The van der Waals surface area contributed by atoms with Gasteiger partial charge < -0.3 is 10.3 Å². The molecule has 16 heavy (non-hydrogen) atoms. The second kappa shape index (κ2) is 4.28. The van der Waals surface area contributed by atoms with Crippen molar-refractivity contribution in [3.8, 4) is 5.69 Å². The number of nitrogens with two attached hydrogens (primary N) is 1. The Hall–Kier alpha value is -1.94. The highest BCUT2D eigenvalue weighted by Crippen LogP contribution is 2.08. The molecule has 4 heteroatoms. The topological polar surface area (TPSA) is 60.9 Å². The van der Waals surface area contributed by atoms with E-state index in [9.17, 15) is 4.79 Å². The molecule has 0 radical (unpaired) electrons. The summed E-state index contributed by atoms with van der Waals surface area (Å²) in [4.78, 5) is 15.1. The highest BCUT2D eigenvalue weighted by molar-refractivity contribution is 5.34. The van der Waals surface area contributed by atoms with Gasteiger partial charge in [-0.2, -0.15) is 4.98 Å². The van der Waals surface area contributed by atoms with Gasteiger partial charge in [0.15, 0.2) is 0 Å². The lowest BCUT2D eigenvalue weighted by molar-refractivity contribution is 0.899. The Morgan fingerprint density at radius 2 is 2.00 bits per heavy atom. The van der Waals surface area contributed by atoms with Crippen LogP contribution in [0, 0.1) is 6.92 Å². The molecule has 0 saturated heterocycles. The standard InChI is InChI=1S/C12H13N3O/c1-9-2-4-11(5-3-9)15-7-10(6-13)12(16)14-8-15/h2-5,7-8H,6,13H2,1H3. The first-order valence-corrected chi connectivity index (χ1v) is 5.05. The van der Waals surface area contributed by atoms with Gasteiger partial charge in [-0.3, -0.25) is 4.79 Å². The molecule has 2 rings (SSSR count). The summed E-state index contributed by atoms with van der Waals surface area (Å²) in [5.41, 5.74) is 7.88. The fourth-order valence-electron chi connectivity index (χ4n) is 1.45. The quantitative estimate of drug-likeness (QED) is 0.813. The summed E-state index contributed by atoms with van der Waals surface area (Å²) in [6, 6.07) is 7.97. The molecule has 82 valence electrons. The van der Waals surface area contributed by atoms with E-state index >= 15 is 0 Å². The van der Waals surface area contributed by atoms with Gasteiger partial charge in [0.05, 0.1) is 0 Å². The maximum Gasteiger partial charge on any atom is 0.277 e. The molecular formula is C12H13N3O. The summed E-state index contributed by atoms with van der Waals surface area (Å²) in [5, 5.41) is 0. The van der Waals surface area contributed by atoms with Crippen molar-refractivity contribution >= 4 is 0 Å². The first-order chi connectivity index (χ1) is 7.70. The Morgan fingerprint density at radius 1 is 1.31 bits per heavy atom. The maximum atomic E-state index is 11.3. The minimum Gasteiger partial charge on any atom is -0.326 e. The summed E-state index contributed by atoms with van der Waals surface area (Å²) < 4.78 is 1.79. The zero-order valence-corrected chi connectivity index (χ0v) is 9.05. The first-order valence-electron chi connectivity index (χ1n) is 5.05. The molecule has 0 aliphatic rings. The van der Waals surface area contributed by atoms with Crippen molar-refractivity contribution in [2.45, 2.75) is 13.5 Å². The molecule has 4 nitrogen and oxygen atoms in total. The minimum absolute atomic E-state index is 0.207. The molecule has 1 heterocycles. The molecule has 1 aromatic heterocycles. The molecule has 1 aromatic carbocycles. The second-order valence-electron chi connectivity index (χ2n) is 3.65. The average Bonchev–Trinajstić information content (AvgIpc) is 2.31. The number of benzene rings is 1. The first kappa shape index (κ1) is 10.6. The third-order valence-electron chi connectivity index (χ3n) is 2.42. The van der Waals surface area contributed by atoms with Crippen LogP contribution in [-0.4, -0.2) is 9.55 Å². The van der Waals surface area contributed by atoms with E-state index in [1.807, 2.05) is 31.2 Å². The van der Waals surface area contributed by atoms with E-state index < -0.39 is 0 Å². The smallest absolute Gasteiger partial charge is 0.277 e. The van der Waals surface area contributed by atoms with Crippen LogP contribution in [0.1, 0.15) is 11.1 Å². The third-order valence-corrected chi connectivity index (χ3v) is 2.42. The van der Waals surface area contributed by atoms with Crippen molar-refractivity contribution in [1.82, 2.24) is 9.55 Å². The van der Waals surface area contributed by atoms with Gasteiger partial charge >= 0.3 is 0 Å². The van der Waals surface area contributed by atoms with Crippen LogP contribution in [-0.2, 0) is 6.54 Å². The SMILES string of the molecule is Cc1ccc(-n2cnc(=O)c(CN)c2)cc1. The lowest BCUT2D eigenvalue weighted by Crippen LogP contribution is -2.18. The van der Waals surface area contributed by atoms with E-state index in [4.69, 9.17) is 5.73 Å². The van der Waals surface area contributed by atoms with Crippen LogP contribution in [0.15, 0.2) is 41.6 Å². The Kier molecular flexibility index (Phi) is 2.83. The number of aromatic nitrogens is 2. The molecule has 2 N–H and O–H groups in total. The number of hydrogen-bond acceptors (Lipinski definition) is 3. The van der Waals surface area contributed by atoms with E-state index in [2.05, 4.69) is 4.98 Å². The van der Waals surface area contributed by atoms with Crippen LogP contribution in [0.25, 0.3) is 5.69 Å². The monoisotopic (exact) mass is 215 g/mol. The molecule has 0 saturated carbocycles. The third kappa shape index (κ3) is 2.01. The van der Waals surface area contributed by atoms with Crippen LogP contribution >= 0.6 is 0 Å². The molecule has 0 amide bonds. The number of rotatable bonds is 2. The minimum atomic E-state index is -0.258. The lowest BCUT2D eigenvalue weighted by atomic mass is 10.2. The highest BCUT2D eigenvalue weighted by Gasteiger charge is 2.00. The zero-order valence-electron chi connectivity index (χ0n) is 9.05. The second-order valence-corrected chi connectivity index (χ2v) is 3.65. The van der Waals surface area contributed by atoms with Crippen LogP contribution in [0.2, 0.25) is 0 Å². The van der Waals surface area contributed by atoms with E-state index in [0.29, 0.717) is 5.56 Å². The fourth-order valence-corrected chi connectivity index (χ4v) is 1.45. The maximum absolute atomic E-state index is 11.3. The summed E-state index contributed by atoms with van der Waals surface area (Å²) in [6.45, 7) is 2.23. The Labute approximate surface area is 93.4 Å². The molecule has 2 aromatic rings. The molecule has 0 spiro atoms. The molecule has 0 unspecified atom stereocenters. The van der Waals surface area contributed by atoms with Crippen LogP contribution in [0.4, 0.5) is 0 Å². The molecule has 0 aliphatic heterocycles. The van der Waals surface area contributed by atoms with Crippen molar-refractivity contribution in [1.29, 1.82) is 0 Å². The summed E-state index contributed by atoms with van der Waals surface area (Å²) >= 11 is 0. The van der Waals surface area contributed by atoms with Crippen molar-refractivity contribution in [3.05, 3.63) is 58.3 Å². The predicted octanol–water partition coefficient (Wildman–Crippen LogP) is 1.000. The van der Waals surface area contributed by atoms with E-state index in [-0.39, 0.29) is 12.1 Å². The zero-order chi connectivity index (χ0) is 11.5. The molecule has 0 fully saturated rings. The van der Waals surface area contributed by atoms with Gasteiger partial charge in [0, 0.05) is 24.0 Å². The highest BCUT2D eigenvalue weighted by atomic mass is 16.1. The normalized spacial score (nSPS) is 10.4. The largest absolute Gasteiger partial charge is 0.326 e. The van der Waals surface area contributed by atoms with Crippen molar-refractivity contribution < 1.29 is 0 Å². The number of aryl methyl sites for hydroxylation is 1. The van der Waals surface area contributed by atoms with Crippen LogP contribution in [0.5, 0.6) is 0 Å². The summed E-state index contributed by atoms with van der Waals surface area (Å²) in [5.74, 6) is 0. The van der Waals surface area contributed by atoms with Gasteiger partial charge in [-0.1, -0.05) is 17.7 Å². The number of hydrogen-bond donors (Lipinski definition) is 1. The average molecular weight is 215 g/mol. The molecular weight excluding hydrogens is 202 g/mol. The molecule has 0 atom stereocenters. The van der Waals surface area contributed by atoms with Crippen LogP contribution in [0.3, 0.4) is 0 Å². The van der Waals surface area contributed by atoms with Gasteiger partial charge in [0.25, 0.3) is 5.56 Å². The van der Waals surface area contributed by atoms with Crippen molar-refractivity contribution in [2.75, 3.05) is 0 Å². The summed E-state index contributed by atoms with van der Waals surface area (Å²) in [6.07, 6.45) is 3.23. The van der Waals surface area contributed by atoms with Crippen molar-refractivity contribution in [2.24, 2.45) is 5.73 Å². The fraction of sp³-hybridized carbons (Fsp3) is 0.167. The Balaban J connectivity index is 2.48. The summed E-state index contributed by atoms with van der Waals surface area (Å²) in [7, 11) is 0. The van der Waals surface area contributed by atoms with E-state index in [0.717, 1.165) is 5.69 Å². The van der Waals surface area contributed by atoms with Gasteiger partial charge in [0.2, 0.25) is 0 Å². The van der Waals surface area contributed by atoms with Gasteiger partial charge in [-0.05, 0) is 19.1 Å².